The first-order valence-electron chi connectivity index (χ1n) is 8.00. The fraction of sp³-hybridized carbons (Fsp3) is 0.706. The van der Waals surface area contributed by atoms with Gasteiger partial charge in [0.05, 0.1) is 11.9 Å². The van der Waals surface area contributed by atoms with Crippen molar-refractivity contribution in [3.8, 4) is 0 Å². The van der Waals surface area contributed by atoms with Gasteiger partial charge in [-0.1, -0.05) is 13.8 Å². The molecule has 0 radical (unpaired) electrons. The van der Waals surface area contributed by atoms with Gasteiger partial charge in [-0.2, -0.15) is 0 Å². The minimum Gasteiger partial charge on any atom is -0.366 e. The van der Waals surface area contributed by atoms with Crippen LogP contribution < -0.4 is 10.2 Å². The summed E-state index contributed by atoms with van der Waals surface area (Å²) in [4.78, 5) is 9.02. The van der Waals surface area contributed by atoms with Gasteiger partial charge in [-0.05, 0) is 52.0 Å². The number of pyridine rings is 1. The highest BCUT2D eigenvalue weighted by atomic mass is 15.2. The normalized spacial score (nSPS) is 13.0. The lowest BCUT2D eigenvalue weighted by Crippen LogP contribution is -2.40. The van der Waals surface area contributed by atoms with Gasteiger partial charge in [-0.25, -0.2) is 0 Å². The van der Waals surface area contributed by atoms with E-state index in [4.69, 9.17) is 0 Å². The van der Waals surface area contributed by atoms with Crippen molar-refractivity contribution in [1.82, 2.24) is 15.2 Å². The first-order valence-corrected chi connectivity index (χ1v) is 8.00. The third-order valence-corrected chi connectivity index (χ3v) is 3.57. The molecule has 0 amide bonds. The Labute approximate surface area is 130 Å². The third-order valence-electron chi connectivity index (χ3n) is 3.57. The van der Waals surface area contributed by atoms with E-state index in [1.165, 1.54) is 11.3 Å². The van der Waals surface area contributed by atoms with E-state index in [9.17, 15) is 0 Å². The molecule has 4 heteroatoms. The van der Waals surface area contributed by atoms with Crippen molar-refractivity contribution in [2.45, 2.75) is 40.3 Å². The minimum absolute atomic E-state index is 0.470. The van der Waals surface area contributed by atoms with Crippen molar-refractivity contribution in [1.29, 1.82) is 0 Å². The molecule has 120 valence electrons. The Morgan fingerprint density at radius 1 is 1.24 bits per heavy atom. The first kappa shape index (κ1) is 17.9. The molecule has 1 unspecified atom stereocenters. The summed E-state index contributed by atoms with van der Waals surface area (Å²) in [5.74, 6) is 0.672. The second-order valence-corrected chi connectivity index (χ2v) is 6.43. The highest BCUT2D eigenvalue weighted by Gasteiger charge is 2.16. The van der Waals surface area contributed by atoms with Crippen molar-refractivity contribution >= 4 is 5.69 Å². The van der Waals surface area contributed by atoms with Crippen LogP contribution in [0.1, 0.15) is 33.3 Å². The second kappa shape index (κ2) is 9.00. The van der Waals surface area contributed by atoms with E-state index in [2.05, 4.69) is 68.0 Å². The Bertz CT molecular complexity index is 404. The fourth-order valence-corrected chi connectivity index (χ4v) is 2.67. The van der Waals surface area contributed by atoms with Crippen molar-refractivity contribution in [2.75, 3.05) is 38.6 Å². The van der Waals surface area contributed by atoms with Gasteiger partial charge in [0.2, 0.25) is 0 Å². The summed E-state index contributed by atoms with van der Waals surface area (Å²) in [5, 5.41) is 3.54. The Morgan fingerprint density at radius 2 is 1.95 bits per heavy atom. The first-order chi connectivity index (χ1) is 9.95. The molecule has 1 heterocycles. The molecule has 0 aliphatic rings. The van der Waals surface area contributed by atoms with E-state index in [-0.39, 0.29) is 0 Å². The smallest absolute Gasteiger partial charge is 0.0601 e. The summed E-state index contributed by atoms with van der Waals surface area (Å²) in [6.07, 6.45) is 3.89. The van der Waals surface area contributed by atoms with E-state index in [1.54, 1.807) is 0 Å². The minimum atomic E-state index is 0.470. The molecule has 0 saturated heterocycles. The molecule has 0 aromatic carbocycles. The lowest BCUT2D eigenvalue weighted by atomic mass is 10.1. The highest BCUT2D eigenvalue weighted by molar-refractivity contribution is 5.52. The maximum absolute atomic E-state index is 4.34. The summed E-state index contributed by atoms with van der Waals surface area (Å²) in [5.41, 5.74) is 2.59. The number of rotatable bonds is 9. The zero-order valence-corrected chi connectivity index (χ0v) is 14.6. The average Bonchev–Trinajstić information content (AvgIpc) is 2.40. The van der Waals surface area contributed by atoms with Gasteiger partial charge in [0.1, 0.15) is 0 Å². The lowest BCUT2D eigenvalue weighted by Gasteiger charge is -2.33. The molecule has 1 N–H and O–H groups in total. The van der Waals surface area contributed by atoms with E-state index >= 15 is 0 Å². The number of nitrogens with one attached hydrogen (secondary N) is 1. The van der Waals surface area contributed by atoms with Crippen LogP contribution in [-0.2, 0) is 6.54 Å². The third kappa shape index (κ3) is 6.02. The predicted octanol–water partition coefficient (Wildman–Crippen LogP) is 2.60. The van der Waals surface area contributed by atoms with Crippen LogP contribution in [0.4, 0.5) is 5.69 Å². The standard InChI is InChI=1S/C17H32N4/c1-7-21(15(4)13-20(5)6)17-12-18-9-8-16(17)11-19-10-14(2)3/h8-9,12,14-15,19H,7,10-11,13H2,1-6H3. The Balaban J connectivity index is 2.83. The van der Waals surface area contributed by atoms with Crippen molar-refractivity contribution in [3.05, 3.63) is 24.0 Å². The van der Waals surface area contributed by atoms with E-state index in [0.29, 0.717) is 12.0 Å². The van der Waals surface area contributed by atoms with Crippen LogP contribution >= 0.6 is 0 Å². The Morgan fingerprint density at radius 3 is 2.52 bits per heavy atom. The van der Waals surface area contributed by atoms with Crippen LogP contribution in [0.25, 0.3) is 0 Å². The molecule has 1 atom stereocenters. The summed E-state index contributed by atoms with van der Waals surface area (Å²) in [6, 6.07) is 2.60. The van der Waals surface area contributed by atoms with E-state index < -0.39 is 0 Å². The highest BCUT2D eigenvalue weighted by Crippen LogP contribution is 2.21. The predicted molar refractivity (Wildman–Crippen MR) is 91.8 cm³/mol. The molecule has 1 aromatic heterocycles. The molecule has 1 rings (SSSR count). The van der Waals surface area contributed by atoms with Crippen LogP contribution in [-0.4, -0.2) is 49.7 Å². The molecule has 0 saturated carbocycles. The van der Waals surface area contributed by atoms with Crippen molar-refractivity contribution < 1.29 is 0 Å². The van der Waals surface area contributed by atoms with Gasteiger partial charge in [0.25, 0.3) is 0 Å². The Hall–Kier alpha value is -1.13. The molecule has 4 nitrogen and oxygen atoms in total. The van der Waals surface area contributed by atoms with Gasteiger partial charge >= 0.3 is 0 Å². The summed E-state index contributed by atoms with van der Waals surface area (Å²) in [6.45, 7) is 12.9. The average molecular weight is 292 g/mol. The molecule has 21 heavy (non-hydrogen) atoms. The molecule has 0 aliphatic carbocycles. The maximum atomic E-state index is 4.34. The summed E-state index contributed by atoms with van der Waals surface area (Å²) in [7, 11) is 4.25. The van der Waals surface area contributed by atoms with Crippen LogP contribution in [0.15, 0.2) is 18.5 Å². The maximum Gasteiger partial charge on any atom is 0.0601 e. The van der Waals surface area contributed by atoms with Gasteiger partial charge in [-0.3, -0.25) is 4.98 Å². The molecular weight excluding hydrogens is 260 g/mol. The van der Waals surface area contributed by atoms with Crippen molar-refractivity contribution in [2.24, 2.45) is 5.92 Å². The fourth-order valence-electron chi connectivity index (χ4n) is 2.67. The van der Waals surface area contributed by atoms with E-state index in [0.717, 1.165) is 26.2 Å². The molecule has 0 spiro atoms. The summed E-state index contributed by atoms with van der Waals surface area (Å²) < 4.78 is 0. The molecule has 1 aromatic rings. The van der Waals surface area contributed by atoms with Gasteiger partial charge < -0.3 is 15.1 Å². The quantitative estimate of drug-likeness (QED) is 0.758. The van der Waals surface area contributed by atoms with Gasteiger partial charge in [0.15, 0.2) is 0 Å². The number of hydrogen-bond donors (Lipinski definition) is 1. The van der Waals surface area contributed by atoms with Gasteiger partial charge in [0, 0.05) is 31.9 Å². The SMILES string of the molecule is CCN(c1cnccc1CNCC(C)C)C(C)CN(C)C. The van der Waals surface area contributed by atoms with Crippen LogP contribution in [0.3, 0.4) is 0 Å². The zero-order chi connectivity index (χ0) is 15.8. The van der Waals surface area contributed by atoms with E-state index in [1.807, 2.05) is 12.4 Å². The monoisotopic (exact) mass is 292 g/mol. The topological polar surface area (TPSA) is 31.4 Å². The Kier molecular flexibility index (Phi) is 7.68. The molecular formula is C17H32N4. The lowest BCUT2D eigenvalue weighted by molar-refractivity contribution is 0.372. The molecule has 0 aliphatic heterocycles. The number of aromatic nitrogens is 1. The number of hydrogen-bond acceptors (Lipinski definition) is 4. The summed E-state index contributed by atoms with van der Waals surface area (Å²) >= 11 is 0. The second-order valence-electron chi connectivity index (χ2n) is 6.43. The largest absolute Gasteiger partial charge is 0.366 e. The zero-order valence-electron chi connectivity index (χ0n) is 14.6. The van der Waals surface area contributed by atoms with Crippen LogP contribution in [0.2, 0.25) is 0 Å². The van der Waals surface area contributed by atoms with Crippen molar-refractivity contribution in [3.63, 3.8) is 0 Å². The molecule has 0 bridgehead atoms. The molecule has 0 fully saturated rings. The number of anilines is 1. The van der Waals surface area contributed by atoms with Gasteiger partial charge in [-0.15, -0.1) is 0 Å². The number of nitrogens with zero attached hydrogens (tertiary/aromatic N) is 3. The van der Waals surface area contributed by atoms with Crippen LogP contribution in [0.5, 0.6) is 0 Å². The number of likely N-dealkylation sites (N-methyl/N-ethyl adjacent to an activating group) is 2. The van der Waals surface area contributed by atoms with Crippen LogP contribution in [0, 0.1) is 5.92 Å².